The van der Waals surface area contributed by atoms with E-state index in [2.05, 4.69) is 10.2 Å². The van der Waals surface area contributed by atoms with Crippen LogP contribution in [0.4, 0.5) is 11.4 Å². The molecule has 3 aromatic rings. The second kappa shape index (κ2) is 7.43. The van der Waals surface area contributed by atoms with Gasteiger partial charge in [-0.15, -0.1) is 5.11 Å². The molecule has 0 spiro atoms. The van der Waals surface area contributed by atoms with Gasteiger partial charge in [-0.1, -0.05) is 41.6 Å². The summed E-state index contributed by atoms with van der Waals surface area (Å²) in [7, 11) is 0. The number of halogens is 1. The fourth-order valence-electron chi connectivity index (χ4n) is 2.53. The lowest BCUT2D eigenvalue weighted by molar-refractivity contribution is -0.267. The van der Waals surface area contributed by atoms with Crippen LogP contribution >= 0.6 is 11.6 Å². The minimum atomic E-state index is -2.60. The molecular weight excluding hydrogens is 392 g/mol. The molecule has 3 rings (SSSR count). The molecule has 0 heterocycles. The standard InChI is InChI=1S/C18H13ClN2O5S/c1-9-6-15(27(25)26)14(8-13(9)19)20-21-16-11-5-3-2-4-10(11)7-12(17(16)22)18(23)24/h2-8,22H,1H3,(H,23,24)(H,25,26)/p-2. The number of benzene rings is 3. The highest BCUT2D eigenvalue weighted by Gasteiger charge is 2.12. The first-order valence-corrected chi connectivity index (χ1v) is 9.02. The molecule has 138 valence electrons. The monoisotopic (exact) mass is 402 g/mol. The molecule has 0 radical (unpaired) electrons. The molecule has 27 heavy (non-hydrogen) atoms. The minimum absolute atomic E-state index is 0.0526. The lowest BCUT2D eigenvalue weighted by atomic mass is 10.0. The van der Waals surface area contributed by atoms with E-state index in [9.17, 15) is 23.8 Å². The third-order valence-corrected chi connectivity index (χ3v) is 4.98. The molecule has 0 fully saturated rings. The van der Waals surface area contributed by atoms with Crippen LogP contribution in [0.15, 0.2) is 57.6 Å². The summed E-state index contributed by atoms with van der Waals surface area (Å²) < 4.78 is 22.9. The summed E-state index contributed by atoms with van der Waals surface area (Å²) in [5.74, 6) is -2.20. The summed E-state index contributed by atoms with van der Waals surface area (Å²) >= 11 is 3.43. The van der Waals surface area contributed by atoms with Crippen LogP contribution in [0.1, 0.15) is 15.9 Å². The number of fused-ring (bicyclic) bond motifs is 1. The van der Waals surface area contributed by atoms with Gasteiger partial charge in [-0.3, -0.25) is 4.21 Å². The maximum atomic E-state index is 12.5. The van der Waals surface area contributed by atoms with E-state index in [0.29, 0.717) is 16.3 Å². The molecule has 1 N–H and O–H groups in total. The first-order valence-electron chi connectivity index (χ1n) is 7.56. The van der Waals surface area contributed by atoms with Gasteiger partial charge in [-0.25, -0.2) is 4.79 Å². The molecule has 0 aliphatic rings. The fourth-order valence-corrected chi connectivity index (χ4v) is 3.23. The van der Waals surface area contributed by atoms with Crippen molar-refractivity contribution in [1.29, 1.82) is 0 Å². The molecule has 1 atom stereocenters. The lowest BCUT2D eigenvalue weighted by Crippen LogP contribution is -2.04. The molecule has 0 saturated heterocycles. The first kappa shape index (κ1) is 19.0. The van der Waals surface area contributed by atoms with Gasteiger partial charge in [0.1, 0.15) is 5.69 Å². The predicted molar refractivity (Wildman–Crippen MR) is 97.9 cm³/mol. The average molecular weight is 403 g/mol. The van der Waals surface area contributed by atoms with Gasteiger partial charge in [-0.05, 0) is 47.2 Å². The number of carboxylic acid groups (broad SMARTS) is 1. The SMILES string of the molecule is Cc1cc(S(=O)[O-])c(N=Nc2c([O-])c(C(=O)O)cc3ccccc23)cc1Cl. The summed E-state index contributed by atoms with van der Waals surface area (Å²) in [5, 5.41) is 30.7. The Kier molecular flexibility index (Phi) is 5.22. The topological polar surface area (TPSA) is 125 Å². The van der Waals surface area contributed by atoms with Crippen molar-refractivity contribution >= 4 is 50.8 Å². The minimum Gasteiger partial charge on any atom is -0.870 e. The van der Waals surface area contributed by atoms with Crippen LogP contribution in [0, 0.1) is 6.92 Å². The van der Waals surface area contributed by atoms with Crippen molar-refractivity contribution in [2.75, 3.05) is 0 Å². The van der Waals surface area contributed by atoms with Crippen molar-refractivity contribution in [1.82, 2.24) is 0 Å². The Labute approximate surface area is 161 Å². The number of hydrogen-bond acceptors (Lipinski definition) is 6. The third-order valence-electron chi connectivity index (χ3n) is 3.88. The van der Waals surface area contributed by atoms with Crippen LogP contribution in [0.5, 0.6) is 5.75 Å². The Hall–Kier alpha value is -2.81. The molecule has 0 aliphatic heterocycles. The second-order valence-electron chi connectivity index (χ2n) is 5.63. The van der Waals surface area contributed by atoms with Gasteiger partial charge >= 0.3 is 5.97 Å². The van der Waals surface area contributed by atoms with Gasteiger partial charge in [0.25, 0.3) is 0 Å². The number of aryl methyl sites for hydroxylation is 1. The van der Waals surface area contributed by atoms with Gasteiger partial charge in [0.2, 0.25) is 0 Å². The average Bonchev–Trinajstić information content (AvgIpc) is 2.62. The highest BCUT2D eigenvalue weighted by atomic mass is 35.5. The highest BCUT2D eigenvalue weighted by Crippen LogP contribution is 2.38. The summed E-state index contributed by atoms with van der Waals surface area (Å²) in [6.07, 6.45) is 0. The van der Waals surface area contributed by atoms with Crippen molar-refractivity contribution in [3.05, 3.63) is 58.6 Å². The van der Waals surface area contributed by atoms with Crippen LogP contribution in [0.2, 0.25) is 5.02 Å². The summed E-state index contributed by atoms with van der Waals surface area (Å²) in [6, 6.07) is 10.5. The number of aromatic carboxylic acids is 1. The second-order valence-corrected chi connectivity index (χ2v) is 6.95. The molecule has 1 unspecified atom stereocenters. The number of carboxylic acids is 1. The highest BCUT2D eigenvalue weighted by molar-refractivity contribution is 7.79. The Balaban J connectivity index is 2.23. The number of rotatable bonds is 4. The van der Waals surface area contributed by atoms with Gasteiger partial charge < -0.3 is 14.8 Å². The molecule has 0 saturated carbocycles. The van der Waals surface area contributed by atoms with Gasteiger partial charge in [0, 0.05) is 10.4 Å². The van der Waals surface area contributed by atoms with Crippen LogP contribution in [-0.2, 0) is 11.1 Å². The lowest BCUT2D eigenvalue weighted by Gasteiger charge is -2.16. The van der Waals surface area contributed by atoms with Crippen molar-refractivity contribution in [3.8, 4) is 5.75 Å². The van der Waals surface area contributed by atoms with Crippen molar-refractivity contribution < 1.29 is 23.8 Å². The number of carbonyl (C=O) groups is 1. The molecule has 0 aromatic heterocycles. The zero-order valence-corrected chi connectivity index (χ0v) is 15.4. The van der Waals surface area contributed by atoms with Gasteiger partial charge in [-0.2, -0.15) is 5.11 Å². The Morgan fingerprint density at radius 3 is 2.56 bits per heavy atom. The maximum Gasteiger partial charge on any atom is 0.335 e. The van der Waals surface area contributed by atoms with Crippen molar-refractivity contribution in [3.63, 3.8) is 0 Å². The van der Waals surface area contributed by atoms with Crippen LogP contribution in [0.3, 0.4) is 0 Å². The van der Waals surface area contributed by atoms with Crippen molar-refractivity contribution in [2.24, 2.45) is 10.2 Å². The zero-order valence-electron chi connectivity index (χ0n) is 13.8. The molecule has 0 bridgehead atoms. The Morgan fingerprint density at radius 2 is 1.89 bits per heavy atom. The molecule has 3 aromatic carbocycles. The Bertz CT molecular complexity index is 1130. The van der Waals surface area contributed by atoms with E-state index >= 15 is 0 Å². The maximum absolute atomic E-state index is 12.5. The van der Waals surface area contributed by atoms with Gasteiger partial charge in [0.15, 0.2) is 0 Å². The van der Waals surface area contributed by atoms with E-state index in [4.69, 9.17) is 11.6 Å². The van der Waals surface area contributed by atoms with E-state index < -0.39 is 28.4 Å². The molecule has 7 nitrogen and oxygen atoms in total. The quantitative estimate of drug-likeness (QED) is 0.516. The van der Waals surface area contributed by atoms with E-state index in [1.807, 2.05) is 0 Å². The van der Waals surface area contributed by atoms with Gasteiger partial charge in [0.05, 0.1) is 16.1 Å². The fraction of sp³-hybridized carbons (Fsp3) is 0.0556. The number of azo groups is 1. The molecule has 0 amide bonds. The van der Waals surface area contributed by atoms with E-state index in [1.54, 1.807) is 31.2 Å². The Morgan fingerprint density at radius 1 is 1.19 bits per heavy atom. The van der Waals surface area contributed by atoms with Crippen LogP contribution in [-0.4, -0.2) is 19.8 Å². The van der Waals surface area contributed by atoms with Crippen molar-refractivity contribution in [2.45, 2.75) is 11.8 Å². The van der Waals surface area contributed by atoms with E-state index in [-0.39, 0.29) is 21.3 Å². The van der Waals surface area contributed by atoms with Crippen LogP contribution < -0.4 is 5.11 Å². The summed E-state index contributed by atoms with van der Waals surface area (Å²) in [6.45, 7) is 1.64. The zero-order chi connectivity index (χ0) is 19.7. The van der Waals surface area contributed by atoms with E-state index in [1.165, 1.54) is 18.2 Å². The first-order chi connectivity index (χ1) is 12.8. The predicted octanol–water partition coefficient (Wildman–Crippen LogP) is 4.23. The summed E-state index contributed by atoms with van der Waals surface area (Å²) in [5.41, 5.74) is -0.150. The van der Waals surface area contributed by atoms with E-state index in [0.717, 1.165) is 0 Å². The number of hydrogen-bond donors (Lipinski definition) is 1. The normalized spacial score (nSPS) is 12.6. The van der Waals surface area contributed by atoms with Crippen LogP contribution in [0.25, 0.3) is 10.8 Å². The smallest absolute Gasteiger partial charge is 0.335 e. The largest absolute Gasteiger partial charge is 0.870 e. The summed E-state index contributed by atoms with van der Waals surface area (Å²) in [4.78, 5) is 11.2. The molecule has 0 aliphatic carbocycles. The molecule has 9 heteroatoms. The number of nitrogens with zero attached hydrogens (tertiary/aromatic N) is 2. The molecular formula is C18H11ClN2O5S-2. The third kappa shape index (κ3) is 3.68.